The minimum Gasteiger partial charge on any atom is -0.493 e. The number of fused-ring (bicyclic) bond motifs is 1. The highest BCUT2D eigenvalue weighted by molar-refractivity contribution is 5.93. The number of rotatable bonds is 16. The van der Waals surface area contributed by atoms with E-state index in [1.54, 1.807) is 26.4 Å². The molecule has 308 valence electrons. The van der Waals surface area contributed by atoms with E-state index in [2.05, 4.69) is 51.9 Å². The SMILES string of the molecule is COc1cc2c(cc1OC)CN(CC1CC(c3ccc(CO)cc3)OC(c3cccc(-c4cccc(CNC(=O)CCCCC(=O)Nc5ccccc5N)c4)c3)O1)CC2. The molecule has 11 nitrogen and oxygen atoms in total. The maximum absolute atomic E-state index is 12.7. The lowest BCUT2D eigenvalue weighted by Gasteiger charge is -2.39. The molecule has 11 heteroatoms. The van der Waals surface area contributed by atoms with E-state index in [-0.39, 0.29) is 30.6 Å². The van der Waals surface area contributed by atoms with Crippen LogP contribution in [0.1, 0.15) is 77.9 Å². The van der Waals surface area contributed by atoms with Gasteiger partial charge in [0.1, 0.15) is 0 Å². The molecule has 0 radical (unpaired) electrons. The van der Waals surface area contributed by atoms with Crippen LogP contribution < -0.4 is 25.8 Å². The third kappa shape index (κ3) is 10.9. The van der Waals surface area contributed by atoms with Crippen molar-refractivity contribution < 1.29 is 33.6 Å². The minimum absolute atomic E-state index is 0.0123. The number of nitrogens with zero attached hydrogens (tertiary/aromatic N) is 1. The van der Waals surface area contributed by atoms with Gasteiger partial charge in [-0.15, -0.1) is 0 Å². The van der Waals surface area contributed by atoms with Crippen LogP contribution in [0.4, 0.5) is 11.4 Å². The molecule has 2 aliphatic rings. The number of anilines is 2. The van der Waals surface area contributed by atoms with Gasteiger partial charge in [-0.05, 0) is 94.6 Å². The van der Waals surface area contributed by atoms with Crippen molar-refractivity contribution in [2.75, 3.05) is 38.4 Å². The summed E-state index contributed by atoms with van der Waals surface area (Å²) in [6.45, 7) is 2.81. The van der Waals surface area contributed by atoms with Crippen LogP contribution in [0.5, 0.6) is 11.5 Å². The molecule has 0 aliphatic carbocycles. The first kappa shape index (κ1) is 41.4. The summed E-state index contributed by atoms with van der Waals surface area (Å²) in [5.74, 6) is 1.31. The van der Waals surface area contributed by atoms with Crippen molar-refractivity contribution in [3.63, 3.8) is 0 Å². The first-order chi connectivity index (χ1) is 28.8. The molecule has 5 aromatic carbocycles. The smallest absolute Gasteiger partial charge is 0.224 e. The highest BCUT2D eigenvalue weighted by Crippen LogP contribution is 2.40. The molecule has 1 saturated heterocycles. The number of carbonyl (C=O) groups is 2. The number of benzene rings is 5. The fraction of sp³-hybridized carbons (Fsp3) is 0.333. The number of methoxy groups -OCH3 is 2. The largest absolute Gasteiger partial charge is 0.493 e. The molecule has 5 N–H and O–H groups in total. The fourth-order valence-electron chi connectivity index (χ4n) is 7.83. The average molecular weight is 799 g/mol. The van der Waals surface area contributed by atoms with Crippen LogP contribution in [0.25, 0.3) is 11.1 Å². The zero-order valence-corrected chi connectivity index (χ0v) is 33.8. The number of para-hydroxylation sites is 2. The molecule has 59 heavy (non-hydrogen) atoms. The van der Waals surface area contributed by atoms with Crippen LogP contribution in [0, 0.1) is 0 Å². The Balaban J connectivity index is 0.980. The molecule has 1 fully saturated rings. The first-order valence-corrected chi connectivity index (χ1v) is 20.4. The second-order valence-corrected chi connectivity index (χ2v) is 15.3. The Kier molecular flexibility index (Phi) is 13.9. The number of nitrogen functional groups attached to an aromatic ring is 1. The van der Waals surface area contributed by atoms with Crippen molar-refractivity contribution in [3.8, 4) is 22.6 Å². The van der Waals surface area contributed by atoms with Gasteiger partial charge >= 0.3 is 0 Å². The molecule has 2 heterocycles. The number of amides is 2. The van der Waals surface area contributed by atoms with Crippen LogP contribution in [-0.2, 0) is 45.2 Å². The van der Waals surface area contributed by atoms with Gasteiger partial charge in [-0.2, -0.15) is 0 Å². The molecule has 0 aromatic heterocycles. The summed E-state index contributed by atoms with van der Waals surface area (Å²) in [6.07, 6.45) is 2.57. The molecule has 5 aromatic rings. The highest BCUT2D eigenvalue weighted by atomic mass is 16.7. The number of hydrogen-bond acceptors (Lipinski definition) is 9. The Labute approximate surface area is 346 Å². The Morgan fingerprint density at radius 1 is 0.780 bits per heavy atom. The molecule has 0 bridgehead atoms. The zero-order valence-electron chi connectivity index (χ0n) is 33.8. The van der Waals surface area contributed by atoms with E-state index in [0.29, 0.717) is 50.0 Å². The monoisotopic (exact) mass is 798 g/mol. The summed E-state index contributed by atoms with van der Waals surface area (Å²) in [7, 11) is 3.34. The van der Waals surface area contributed by atoms with Gasteiger partial charge in [0.15, 0.2) is 17.8 Å². The molecule has 7 rings (SSSR count). The molecule has 3 unspecified atom stereocenters. The van der Waals surface area contributed by atoms with E-state index in [0.717, 1.165) is 70.9 Å². The highest BCUT2D eigenvalue weighted by Gasteiger charge is 2.34. The molecular weight excluding hydrogens is 745 g/mol. The van der Waals surface area contributed by atoms with Gasteiger partial charge in [0.25, 0.3) is 0 Å². The lowest BCUT2D eigenvalue weighted by atomic mass is 9.96. The van der Waals surface area contributed by atoms with E-state index >= 15 is 0 Å². The predicted molar refractivity (Wildman–Crippen MR) is 229 cm³/mol. The summed E-state index contributed by atoms with van der Waals surface area (Å²) >= 11 is 0. The molecule has 2 aliphatic heterocycles. The van der Waals surface area contributed by atoms with E-state index < -0.39 is 6.29 Å². The van der Waals surface area contributed by atoms with Gasteiger partial charge in [0, 0.05) is 51.0 Å². The second kappa shape index (κ2) is 19.8. The van der Waals surface area contributed by atoms with Gasteiger partial charge in [-0.3, -0.25) is 14.5 Å². The van der Waals surface area contributed by atoms with Crippen molar-refractivity contribution in [2.45, 2.75) is 76.7 Å². The molecular formula is C48H54N4O7. The number of aliphatic hydroxyl groups excluding tert-OH is 1. The lowest BCUT2D eigenvalue weighted by Crippen LogP contribution is -2.41. The number of aliphatic hydroxyl groups is 1. The van der Waals surface area contributed by atoms with E-state index in [4.69, 9.17) is 24.7 Å². The zero-order chi connectivity index (χ0) is 41.1. The van der Waals surface area contributed by atoms with Gasteiger partial charge in [0.05, 0.1) is 44.4 Å². The standard InChI is InChI=1S/C48H54N4O7/c1-56-44-25-37-21-22-52(29-39(37)26-45(44)57-2)30-40-27-43(34-19-17-32(31-53)18-20-34)59-48(58-40)38-12-8-11-36(24-38)35-10-7-9-33(23-35)28-50-46(54)15-5-6-16-47(55)51-42-14-4-3-13-41(42)49/h3-4,7-14,17-20,23-26,40,43,48,53H,5-6,15-16,21-22,27-31,49H2,1-2H3,(H,50,54)(H,51,55). The Hall–Kier alpha value is -5.72. The van der Waals surface area contributed by atoms with Crippen LogP contribution in [-0.4, -0.2) is 55.2 Å². The topological polar surface area (TPSA) is 145 Å². The van der Waals surface area contributed by atoms with Crippen LogP contribution >= 0.6 is 0 Å². The fourth-order valence-corrected chi connectivity index (χ4v) is 7.83. The Bertz CT molecular complexity index is 2210. The van der Waals surface area contributed by atoms with Crippen LogP contribution in [0.15, 0.2) is 109 Å². The van der Waals surface area contributed by atoms with Crippen molar-refractivity contribution in [1.82, 2.24) is 10.2 Å². The number of carbonyl (C=O) groups excluding carboxylic acids is 2. The Morgan fingerprint density at radius 2 is 1.49 bits per heavy atom. The number of unbranched alkanes of at least 4 members (excludes halogenated alkanes) is 1. The molecule has 0 spiro atoms. The van der Waals surface area contributed by atoms with Crippen molar-refractivity contribution in [1.29, 1.82) is 0 Å². The van der Waals surface area contributed by atoms with Gasteiger partial charge in [-0.25, -0.2) is 0 Å². The van der Waals surface area contributed by atoms with Gasteiger partial charge < -0.3 is 40.4 Å². The van der Waals surface area contributed by atoms with E-state index in [1.165, 1.54) is 11.1 Å². The number of hydrogen-bond donors (Lipinski definition) is 4. The average Bonchev–Trinajstić information content (AvgIpc) is 3.27. The normalized spacial score (nSPS) is 17.8. The second-order valence-electron chi connectivity index (χ2n) is 15.3. The van der Waals surface area contributed by atoms with Crippen molar-refractivity contribution in [3.05, 3.63) is 143 Å². The first-order valence-electron chi connectivity index (χ1n) is 20.4. The maximum atomic E-state index is 12.7. The van der Waals surface area contributed by atoms with E-state index in [1.807, 2.05) is 60.7 Å². The van der Waals surface area contributed by atoms with Gasteiger partial charge in [-0.1, -0.05) is 72.8 Å². The molecule has 3 atom stereocenters. The summed E-state index contributed by atoms with van der Waals surface area (Å²) in [4.78, 5) is 27.5. The third-order valence-corrected chi connectivity index (χ3v) is 11.1. The van der Waals surface area contributed by atoms with E-state index in [9.17, 15) is 14.7 Å². The van der Waals surface area contributed by atoms with Gasteiger partial charge in [0.2, 0.25) is 11.8 Å². The molecule has 2 amide bonds. The van der Waals surface area contributed by atoms with Crippen LogP contribution in [0.3, 0.4) is 0 Å². The summed E-state index contributed by atoms with van der Waals surface area (Å²) in [6, 6.07) is 35.7. The van der Waals surface area contributed by atoms with Crippen LogP contribution in [0.2, 0.25) is 0 Å². The summed E-state index contributed by atoms with van der Waals surface area (Å²) in [5.41, 5.74) is 15.4. The Morgan fingerprint density at radius 3 is 2.24 bits per heavy atom. The summed E-state index contributed by atoms with van der Waals surface area (Å²) in [5, 5.41) is 15.5. The number of ether oxygens (including phenoxy) is 4. The van der Waals surface area contributed by atoms with Crippen molar-refractivity contribution >= 4 is 23.2 Å². The minimum atomic E-state index is -0.595. The lowest BCUT2D eigenvalue weighted by molar-refractivity contribution is -0.253. The predicted octanol–water partition coefficient (Wildman–Crippen LogP) is 7.86. The maximum Gasteiger partial charge on any atom is 0.224 e. The number of nitrogens with one attached hydrogen (secondary N) is 2. The third-order valence-electron chi connectivity index (χ3n) is 11.1. The quantitative estimate of drug-likeness (QED) is 0.0579. The van der Waals surface area contributed by atoms with Crippen molar-refractivity contribution in [2.24, 2.45) is 0 Å². The summed E-state index contributed by atoms with van der Waals surface area (Å²) < 4.78 is 24.7. The molecule has 0 saturated carbocycles. The number of nitrogens with two attached hydrogens (primary N) is 1.